The van der Waals surface area contributed by atoms with Gasteiger partial charge in [0.2, 0.25) is 6.29 Å². The molecule has 0 saturated carbocycles. The van der Waals surface area contributed by atoms with Crippen LogP contribution in [0.3, 0.4) is 0 Å². The van der Waals surface area contributed by atoms with Gasteiger partial charge in [0, 0.05) is 6.54 Å². The van der Waals surface area contributed by atoms with Gasteiger partial charge in [-0.25, -0.2) is 0 Å². The number of hydrogen-bond acceptors (Lipinski definition) is 4. The van der Waals surface area contributed by atoms with Gasteiger partial charge in [-0.05, 0) is 24.1 Å². The first kappa shape index (κ1) is 11.7. The van der Waals surface area contributed by atoms with Gasteiger partial charge in [0.05, 0.1) is 18.1 Å². The first-order chi connectivity index (χ1) is 8.76. The van der Waals surface area contributed by atoms with Crippen molar-refractivity contribution in [2.24, 2.45) is 11.7 Å². The first-order valence-corrected chi connectivity index (χ1v) is 6.24. The molecule has 96 valence electrons. The zero-order chi connectivity index (χ0) is 12.5. The van der Waals surface area contributed by atoms with E-state index in [0.717, 1.165) is 12.0 Å². The third kappa shape index (κ3) is 2.14. The van der Waals surface area contributed by atoms with E-state index in [4.69, 9.17) is 15.2 Å². The van der Waals surface area contributed by atoms with Crippen molar-refractivity contribution in [1.29, 1.82) is 0 Å². The van der Waals surface area contributed by atoms with Gasteiger partial charge >= 0.3 is 0 Å². The zero-order valence-electron chi connectivity index (χ0n) is 10.0. The van der Waals surface area contributed by atoms with Crippen molar-refractivity contribution in [2.45, 2.75) is 31.5 Å². The topological polar surface area (TPSA) is 64.7 Å². The summed E-state index contributed by atoms with van der Waals surface area (Å²) in [6.45, 7) is 0.508. The van der Waals surface area contributed by atoms with E-state index >= 15 is 0 Å². The minimum absolute atomic E-state index is 0.00619. The summed E-state index contributed by atoms with van der Waals surface area (Å²) >= 11 is 0. The van der Waals surface area contributed by atoms with E-state index in [-0.39, 0.29) is 18.1 Å². The molecule has 4 atom stereocenters. The molecule has 1 aromatic rings. The predicted octanol–water partition coefficient (Wildman–Crippen LogP) is 1.19. The first-order valence-electron chi connectivity index (χ1n) is 6.24. The van der Waals surface area contributed by atoms with Gasteiger partial charge in [-0.2, -0.15) is 0 Å². The molecule has 1 aromatic carbocycles. The molecule has 0 aliphatic carbocycles. The molecule has 4 nitrogen and oxygen atoms in total. The summed E-state index contributed by atoms with van der Waals surface area (Å²) in [6.07, 6.45) is 4.19. The largest absolute Gasteiger partial charge is 0.465 e. The summed E-state index contributed by atoms with van der Waals surface area (Å²) < 4.78 is 11.2. The molecule has 3 N–H and O–H groups in total. The van der Waals surface area contributed by atoms with E-state index < -0.39 is 6.29 Å². The SMILES string of the molecule is NCc1ccc(OC(O)C2CC3C=CC2O3)cc1. The molecule has 0 aromatic heterocycles. The summed E-state index contributed by atoms with van der Waals surface area (Å²) in [4.78, 5) is 0. The lowest BCUT2D eigenvalue weighted by Crippen LogP contribution is -2.32. The number of benzene rings is 1. The van der Waals surface area contributed by atoms with Crippen LogP contribution in [-0.4, -0.2) is 23.6 Å². The van der Waals surface area contributed by atoms with Crippen LogP contribution in [0.5, 0.6) is 5.75 Å². The predicted molar refractivity (Wildman–Crippen MR) is 66.9 cm³/mol. The summed E-state index contributed by atoms with van der Waals surface area (Å²) in [7, 11) is 0. The van der Waals surface area contributed by atoms with E-state index in [1.165, 1.54) is 0 Å². The van der Waals surface area contributed by atoms with Gasteiger partial charge in [-0.1, -0.05) is 24.3 Å². The number of aliphatic hydroxyl groups excluding tert-OH is 1. The van der Waals surface area contributed by atoms with Gasteiger partial charge in [0.1, 0.15) is 5.75 Å². The number of hydrogen-bond donors (Lipinski definition) is 2. The van der Waals surface area contributed by atoms with Gasteiger partial charge in [-0.15, -0.1) is 0 Å². The minimum Gasteiger partial charge on any atom is -0.465 e. The smallest absolute Gasteiger partial charge is 0.203 e. The molecule has 4 unspecified atom stereocenters. The number of fused-ring (bicyclic) bond motifs is 2. The lowest BCUT2D eigenvalue weighted by atomic mass is 9.94. The van der Waals surface area contributed by atoms with Gasteiger partial charge in [-0.3, -0.25) is 0 Å². The fraction of sp³-hybridized carbons (Fsp3) is 0.429. The van der Waals surface area contributed by atoms with Crippen LogP contribution in [0.15, 0.2) is 36.4 Å². The quantitative estimate of drug-likeness (QED) is 0.619. The second kappa shape index (κ2) is 4.72. The van der Waals surface area contributed by atoms with E-state index in [1.807, 2.05) is 36.4 Å². The van der Waals surface area contributed by atoms with Crippen LogP contribution in [-0.2, 0) is 11.3 Å². The molecule has 2 aliphatic rings. The molecule has 0 spiro atoms. The van der Waals surface area contributed by atoms with Crippen LogP contribution in [0.4, 0.5) is 0 Å². The van der Waals surface area contributed by atoms with Crippen LogP contribution < -0.4 is 10.5 Å². The zero-order valence-corrected chi connectivity index (χ0v) is 10.0. The molecule has 18 heavy (non-hydrogen) atoms. The molecular weight excluding hydrogens is 230 g/mol. The highest BCUT2D eigenvalue weighted by Crippen LogP contribution is 2.36. The maximum atomic E-state index is 10.1. The molecule has 1 saturated heterocycles. The van der Waals surface area contributed by atoms with Crippen molar-refractivity contribution in [2.75, 3.05) is 0 Å². The van der Waals surface area contributed by atoms with E-state index in [0.29, 0.717) is 12.3 Å². The molecule has 4 heteroatoms. The molecule has 0 amide bonds. The lowest BCUT2D eigenvalue weighted by molar-refractivity contribution is -0.0737. The molecule has 2 bridgehead atoms. The Bertz CT molecular complexity index is 443. The van der Waals surface area contributed by atoms with Crippen LogP contribution >= 0.6 is 0 Å². The van der Waals surface area contributed by atoms with Crippen molar-refractivity contribution in [3.63, 3.8) is 0 Å². The number of aliphatic hydroxyl groups is 1. The Morgan fingerprint density at radius 2 is 2.11 bits per heavy atom. The second-order valence-electron chi connectivity index (χ2n) is 4.78. The number of rotatable bonds is 4. The summed E-state index contributed by atoms with van der Waals surface area (Å²) in [6, 6.07) is 7.46. The Kier molecular flexibility index (Phi) is 3.07. The average Bonchev–Trinajstić information content (AvgIpc) is 3.02. The van der Waals surface area contributed by atoms with E-state index in [2.05, 4.69) is 0 Å². The van der Waals surface area contributed by atoms with Crippen LogP contribution in [0.1, 0.15) is 12.0 Å². The van der Waals surface area contributed by atoms with Crippen molar-refractivity contribution >= 4 is 0 Å². The van der Waals surface area contributed by atoms with Gasteiger partial charge < -0.3 is 20.3 Å². The number of nitrogens with two attached hydrogens (primary N) is 1. The summed E-state index contributed by atoms with van der Waals surface area (Å²) in [5.74, 6) is 0.681. The van der Waals surface area contributed by atoms with Crippen molar-refractivity contribution < 1.29 is 14.6 Å². The Morgan fingerprint density at radius 3 is 2.67 bits per heavy atom. The van der Waals surface area contributed by atoms with Crippen LogP contribution in [0.2, 0.25) is 0 Å². The summed E-state index contributed by atoms with van der Waals surface area (Å²) in [5, 5.41) is 10.1. The standard InChI is InChI=1S/C14H17NO3/c15-8-9-1-3-10(4-2-9)18-14(16)12-7-11-5-6-13(12)17-11/h1-6,11-14,16H,7-8,15H2. The summed E-state index contributed by atoms with van der Waals surface area (Å²) in [5.41, 5.74) is 6.57. The second-order valence-corrected chi connectivity index (χ2v) is 4.78. The van der Waals surface area contributed by atoms with Crippen molar-refractivity contribution in [1.82, 2.24) is 0 Å². The molecule has 2 aliphatic heterocycles. The van der Waals surface area contributed by atoms with Crippen molar-refractivity contribution in [3.8, 4) is 5.75 Å². The molecule has 0 radical (unpaired) electrons. The Hall–Kier alpha value is -1.36. The molecular formula is C14H17NO3. The average molecular weight is 247 g/mol. The fourth-order valence-electron chi connectivity index (χ4n) is 2.52. The minimum atomic E-state index is -0.825. The van der Waals surface area contributed by atoms with Crippen LogP contribution in [0, 0.1) is 5.92 Å². The highest BCUT2D eigenvalue weighted by molar-refractivity contribution is 5.27. The van der Waals surface area contributed by atoms with Gasteiger partial charge in [0.25, 0.3) is 0 Å². The third-order valence-electron chi connectivity index (χ3n) is 3.56. The Balaban J connectivity index is 1.63. The lowest BCUT2D eigenvalue weighted by Gasteiger charge is -2.22. The monoisotopic (exact) mass is 247 g/mol. The van der Waals surface area contributed by atoms with Crippen LogP contribution in [0.25, 0.3) is 0 Å². The van der Waals surface area contributed by atoms with Gasteiger partial charge in [0.15, 0.2) is 0 Å². The highest BCUT2D eigenvalue weighted by atomic mass is 16.6. The normalized spacial score (nSPS) is 30.7. The fourth-order valence-corrected chi connectivity index (χ4v) is 2.52. The van der Waals surface area contributed by atoms with E-state index in [9.17, 15) is 5.11 Å². The Morgan fingerprint density at radius 1 is 1.33 bits per heavy atom. The van der Waals surface area contributed by atoms with E-state index in [1.54, 1.807) is 0 Å². The molecule has 3 rings (SSSR count). The molecule has 1 fully saturated rings. The maximum Gasteiger partial charge on any atom is 0.203 e. The highest BCUT2D eigenvalue weighted by Gasteiger charge is 2.41. The maximum absolute atomic E-state index is 10.1. The Labute approximate surface area is 106 Å². The third-order valence-corrected chi connectivity index (χ3v) is 3.56. The number of ether oxygens (including phenoxy) is 2. The van der Waals surface area contributed by atoms with Crippen molar-refractivity contribution in [3.05, 3.63) is 42.0 Å². The molecule has 2 heterocycles.